The van der Waals surface area contributed by atoms with Crippen molar-refractivity contribution >= 4 is 49.0 Å². The van der Waals surface area contributed by atoms with E-state index in [1.807, 2.05) is 48.5 Å². The van der Waals surface area contributed by atoms with Gasteiger partial charge in [-0.25, -0.2) is 15.0 Å². The maximum absolute atomic E-state index is 5.98. The fourth-order valence-electron chi connectivity index (χ4n) is 3.79. The third-order valence-corrected chi connectivity index (χ3v) is 6.03. The van der Waals surface area contributed by atoms with Crippen molar-refractivity contribution in [3.8, 4) is 22.9 Å². The van der Waals surface area contributed by atoms with Crippen molar-refractivity contribution in [1.82, 2.24) is 19.9 Å². The van der Waals surface area contributed by atoms with Crippen molar-refractivity contribution in [2.45, 2.75) is 26.2 Å². The number of hydrogen-bond donors (Lipinski definition) is 1. The minimum Gasteiger partial charge on any atom is -0.493 e. The van der Waals surface area contributed by atoms with Crippen LogP contribution in [-0.4, -0.2) is 33.7 Å². The number of para-hydroxylation sites is 2. The normalized spacial score (nSPS) is 11.5. The largest absolute Gasteiger partial charge is 0.493 e. The van der Waals surface area contributed by atoms with Crippen LogP contribution < -0.4 is 9.47 Å². The summed E-state index contributed by atoms with van der Waals surface area (Å²) in [6.07, 6.45) is 3.31. The Balaban J connectivity index is 1.54. The van der Waals surface area contributed by atoms with Gasteiger partial charge < -0.3 is 14.5 Å². The molecule has 6 nitrogen and oxygen atoms in total. The number of unbranched alkanes of at least 4 members (excludes halogenated alkanes) is 2. The fraction of sp³-hybridized carbons (Fsp3) is 0.240. The number of rotatable bonds is 7. The van der Waals surface area contributed by atoms with Gasteiger partial charge in [-0.3, -0.25) is 0 Å². The summed E-state index contributed by atoms with van der Waals surface area (Å²) >= 11 is 3.63. The third-order valence-electron chi connectivity index (χ3n) is 5.44. The number of nitrogens with one attached hydrogen (secondary N) is 1. The van der Waals surface area contributed by atoms with Gasteiger partial charge in [-0.05, 0) is 58.7 Å². The first-order valence-corrected chi connectivity index (χ1v) is 11.5. The summed E-state index contributed by atoms with van der Waals surface area (Å²) in [5.74, 6) is 2.00. The van der Waals surface area contributed by atoms with Crippen LogP contribution in [0.2, 0.25) is 0 Å². The van der Waals surface area contributed by atoms with Gasteiger partial charge in [-0.1, -0.05) is 31.9 Å². The number of H-pyrrole nitrogens is 1. The van der Waals surface area contributed by atoms with Crippen LogP contribution in [0.4, 0.5) is 0 Å². The molecule has 0 saturated carbocycles. The van der Waals surface area contributed by atoms with E-state index in [4.69, 9.17) is 24.4 Å². The number of aromatic nitrogens is 4. The molecule has 5 aromatic rings. The smallest absolute Gasteiger partial charge is 0.175 e. The lowest BCUT2D eigenvalue weighted by molar-refractivity contribution is 0.284. The zero-order chi connectivity index (χ0) is 22.1. The highest BCUT2D eigenvalue weighted by atomic mass is 79.9. The minimum absolute atomic E-state index is 0.636. The molecule has 0 aliphatic carbocycles. The molecule has 0 aliphatic rings. The molecule has 0 atom stereocenters. The van der Waals surface area contributed by atoms with Crippen molar-refractivity contribution in [3.63, 3.8) is 0 Å². The average molecular weight is 491 g/mol. The number of imidazole rings is 1. The lowest BCUT2D eigenvalue weighted by atomic mass is 10.2. The standard InChI is InChI=1S/C25H23BrN4O2/c1-3-4-7-10-32-24-16(26)11-15(12-23(24)31-2)25-29-21-13-19-20(14-22(21)30-25)28-18-9-6-5-8-17(18)27-19/h5-6,8-9,11-14,27H,3-4,7,10H2,1-2H3. The highest BCUT2D eigenvalue weighted by molar-refractivity contribution is 9.10. The van der Waals surface area contributed by atoms with Crippen LogP contribution in [0.5, 0.6) is 11.5 Å². The van der Waals surface area contributed by atoms with Gasteiger partial charge >= 0.3 is 0 Å². The van der Waals surface area contributed by atoms with E-state index in [9.17, 15) is 0 Å². The van der Waals surface area contributed by atoms with Crippen LogP contribution in [0.3, 0.4) is 0 Å². The van der Waals surface area contributed by atoms with E-state index in [0.29, 0.717) is 23.9 Å². The molecule has 3 aromatic carbocycles. The zero-order valence-electron chi connectivity index (χ0n) is 18.0. The Labute approximate surface area is 194 Å². The lowest BCUT2D eigenvalue weighted by Crippen LogP contribution is -2.00. The lowest BCUT2D eigenvalue weighted by Gasteiger charge is -2.13. The van der Waals surface area contributed by atoms with Crippen molar-refractivity contribution < 1.29 is 9.47 Å². The van der Waals surface area contributed by atoms with Crippen LogP contribution in [-0.2, 0) is 0 Å². The summed E-state index contributed by atoms with van der Waals surface area (Å²) in [5, 5.41) is 0. The number of benzene rings is 3. The van der Waals surface area contributed by atoms with Crippen molar-refractivity contribution in [1.29, 1.82) is 0 Å². The Bertz CT molecular complexity index is 1360. The monoisotopic (exact) mass is 490 g/mol. The maximum atomic E-state index is 5.98. The van der Waals surface area contributed by atoms with E-state index in [1.54, 1.807) is 7.11 Å². The van der Waals surface area contributed by atoms with Gasteiger partial charge in [0.2, 0.25) is 0 Å². The molecular formula is C25H23BrN4O2. The van der Waals surface area contributed by atoms with Crippen LogP contribution >= 0.6 is 15.9 Å². The molecular weight excluding hydrogens is 468 g/mol. The molecule has 0 amide bonds. The van der Waals surface area contributed by atoms with Gasteiger partial charge in [0.1, 0.15) is 0 Å². The maximum Gasteiger partial charge on any atom is 0.175 e. The Kier molecular flexibility index (Phi) is 5.66. The topological polar surface area (TPSA) is 72.9 Å². The second-order valence-corrected chi connectivity index (χ2v) is 8.56. The van der Waals surface area contributed by atoms with Crippen molar-refractivity contribution in [2.24, 2.45) is 0 Å². The van der Waals surface area contributed by atoms with E-state index in [2.05, 4.69) is 27.8 Å². The molecule has 0 fully saturated rings. The summed E-state index contributed by atoms with van der Waals surface area (Å²) in [5.41, 5.74) is 6.17. The quantitative estimate of drug-likeness (QED) is 0.203. The molecule has 1 N–H and O–H groups in total. The summed E-state index contributed by atoms with van der Waals surface area (Å²) in [6, 6.07) is 15.9. The molecule has 32 heavy (non-hydrogen) atoms. The van der Waals surface area contributed by atoms with Gasteiger partial charge in [0, 0.05) is 5.56 Å². The first-order valence-electron chi connectivity index (χ1n) is 10.7. The Morgan fingerprint density at radius 1 is 0.875 bits per heavy atom. The number of halogens is 1. The Morgan fingerprint density at radius 3 is 2.50 bits per heavy atom. The second kappa shape index (κ2) is 8.74. The molecule has 7 heteroatoms. The van der Waals surface area contributed by atoms with Crippen LogP contribution in [0, 0.1) is 0 Å². The molecule has 0 radical (unpaired) electrons. The number of aromatic amines is 1. The predicted molar refractivity (Wildman–Crippen MR) is 131 cm³/mol. The number of nitrogens with zero attached hydrogens (tertiary/aromatic N) is 3. The van der Waals surface area contributed by atoms with Crippen LogP contribution in [0.15, 0.2) is 53.0 Å². The van der Waals surface area contributed by atoms with Gasteiger partial charge in [-0.2, -0.15) is 0 Å². The third kappa shape index (κ3) is 3.88. The molecule has 0 spiro atoms. The first-order chi connectivity index (χ1) is 15.7. The van der Waals surface area contributed by atoms with Crippen molar-refractivity contribution in [3.05, 3.63) is 53.0 Å². The van der Waals surface area contributed by atoms with Crippen molar-refractivity contribution in [2.75, 3.05) is 13.7 Å². The predicted octanol–water partition coefficient (Wildman–Crippen LogP) is 6.67. The van der Waals surface area contributed by atoms with Gasteiger partial charge in [0.25, 0.3) is 0 Å². The average Bonchev–Trinajstić information content (AvgIpc) is 3.22. The fourth-order valence-corrected chi connectivity index (χ4v) is 4.34. The van der Waals surface area contributed by atoms with E-state index in [0.717, 1.165) is 62.4 Å². The Hall–Kier alpha value is -3.19. The van der Waals surface area contributed by atoms with E-state index < -0.39 is 0 Å². The molecule has 0 saturated heterocycles. The molecule has 2 aromatic heterocycles. The zero-order valence-corrected chi connectivity index (χ0v) is 19.6. The summed E-state index contributed by atoms with van der Waals surface area (Å²) in [7, 11) is 1.64. The second-order valence-electron chi connectivity index (χ2n) is 7.70. The van der Waals surface area contributed by atoms with Crippen LogP contribution in [0.1, 0.15) is 26.2 Å². The molecule has 0 aliphatic heterocycles. The van der Waals surface area contributed by atoms with Gasteiger partial charge in [-0.15, -0.1) is 0 Å². The summed E-state index contributed by atoms with van der Waals surface area (Å²) in [6.45, 7) is 2.83. The summed E-state index contributed by atoms with van der Waals surface area (Å²) in [4.78, 5) is 17.7. The van der Waals surface area contributed by atoms with Crippen LogP contribution in [0.25, 0.3) is 44.5 Å². The number of hydrogen-bond acceptors (Lipinski definition) is 5. The van der Waals surface area contributed by atoms with E-state index in [-0.39, 0.29) is 0 Å². The first kappa shape index (κ1) is 20.7. The van der Waals surface area contributed by atoms with Gasteiger partial charge in [0.15, 0.2) is 17.3 Å². The molecule has 0 unspecified atom stereocenters. The molecule has 0 bridgehead atoms. The highest BCUT2D eigenvalue weighted by Crippen LogP contribution is 2.39. The molecule has 5 rings (SSSR count). The summed E-state index contributed by atoms with van der Waals surface area (Å²) < 4.78 is 12.4. The molecule has 162 valence electrons. The SMILES string of the molecule is CCCCCOc1c(Br)cc(-c2nc3cc4nc5ccccc5[nH]c4cc3n2)cc1OC. The van der Waals surface area contributed by atoms with E-state index in [1.165, 1.54) is 0 Å². The minimum atomic E-state index is 0.636. The Morgan fingerprint density at radius 2 is 1.69 bits per heavy atom. The number of ether oxygens (including phenoxy) is 2. The van der Waals surface area contributed by atoms with Gasteiger partial charge in [0.05, 0.1) is 51.3 Å². The van der Waals surface area contributed by atoms with E-state index >= 15 is 0 Å². The highest BCUT2D eigenvalue weighted by Gasteiger charge is 2.16. The number of fused-ring (bicyclic) bond motifs is 3. The molecule has 2 heterocycles. The number of methoxy groups -OCH3 is 1.